The van der Waals surface area contributed by atoms with Gasteiger partial charge in [0.1, 0.15) is 5.75 Å². The summed E-state index contributed by atoms with van der Waals surface area (Å²) < 4.78 is 11.5. The van der Waals surface area contributed by atoms with Gasteiger partial charge in [0.05, 0.1) is 13.2 Å². The molecule has 7 heteroatoms. The molecule has 146 valence electrons. The zero-order valence-corrected chi connectivity index (χ0v) is 16.0. The molecule has 1 saturated heterocycles. The summed E-state index contributed by atoms with van der Waals surface area (Å²) in [5.74, 6) is 1.81. The lowest BCUT2D eigenvalue weighted by Gasteiger charge is -2.26. The lowest BCUT2D eigenvalue weighted by Crippen LogP contribution is -2.39. The number of fused-ring (bicyclic) bond motifs is 1. The van der Waals surface area contributed by atoms with Crippen molar-refractivity contribution in [2.75, 3.05) is 50.4 Å². The highest BCUT2D eigenvalue weighted by molar-refractivity contribution is 5.97. The van der Waals surface area contributed by atoms with E-state index in [1.807, 2.05) is 49.4 Å². The fraction of sp³-hybridized carbons (Fsp3) is 0.333. The molecule has 0 aliphatic carbocycles. The minimum Gasteiger partial charge on any atom is -0.438 e. The second-order valence-corrected chi connectivity index (χ2v) is 6.85. The molecule has 0 spiro atoms. The van der Waals surface area contributed by atoms with E-state index in [0.29, 0.717) is 11.8 Å². The second-order valence-electron chi connectivity index (χ2n) is 6.85. The standard InChI is InChI=1S/C21H25N5O2/c1-15-14-20(25-21(24-15)23-8-9-26-10-12-27-13-11-26)28-19-7-6-18(22)16-4-2-3-5-17(16)19/h2-7,14H,8-13,22H2,1H3,(H,23,24,25). The summed E-state index contributed by atoms with van der Waals surface area (Å²) in [7, 11) is 0. The first kappa shape index (κ1) is 18.5. The van der Waals surface area contributed by atoms with Crippen molar-refractivity contribution >= 4 is 22.4 Å². The lowest BCUT2D eigenvalue weighted by atomic mass is 10.1. The van der Waals surface area contributed by atoms with Crippen LogP contribution in [0.4, 0.5) is 11.6 Å². The van der Waals surface area contributed by atoms with Crippen LogP contribution < -0.4 is 15.8 Å². The van der Waals surface area contributed by atoms with E-state index in [-0.39, 0.29) is 0 Å². The third kappa shape index (κ3) is 4.32. The van der Waals surface area contributed by atoms with Crippen molar-refractivity contribution in [3.63, 3.8) is 0 Å². The molecule has 28 heavy (non-hydrogen) atoms. The van der Waals surface area contributed by atoms with Gasteiger partial charge in [-0.1, -0.05) is 24.3 Å². The van der Waals surface area contributed by atoms with Gasteiger partial charge in [-0.15, -0.1) is 0 Å². The van der Waals surface area contributed by atoms with Crippen LogP contribution in [0, 0.1) is 6.92 Å². The van der Waals surface area contributed by atoms with Crippen LogP contribution in [0.3, 0.4) is 0 Å². The van der Waals surface area contributed by atoms with Gasteiger partial charge in [-0.2, -0.15) is 4.98 Å². The maximum absolute atomic E-state index is 6.09. The Labute approximate surface area is 164 Å². The summed E-state index contributed by atoms with van der Waals surface area (Å²) in [6.07, 6.45) is 0. The molecule has 0 amide bonds. The number of rotatable bonds is 6. The maximum atomic E-state index is 6.09. The van der Waals surface area contributed by atoms with Gasteiger partial charge < -0.3 is 20.5 Å². The van der Waals surface area contributed by atoms with Gasteiger partial charge in [-0.25, -0.2) is 4.98 Å². The molecule has 0 atom stereocenters. The third-order valence-corrected chi connectivity index (χ3v) is 4.78. The largest absolute Gasteiger partial charge is 0.438 e. The Morgan fingerprint density at radius 1 is 1.11 bits per heavy atom. The average Bonchev–Trinajstić information content (AvgIpc) is 2.71. The number of benzene rings is 2. The van der Waals surface area contributed by atoms with Crippen LogP contribution in [-0.4, -0.2) is 54.3 Å². The first-order valence-electron chi connectivity index (χ1n) is 9.54. The predicted octanol–water partition coefficient (Wildman–Crippen LogP) is 3.06. The van der Waals surface area contributed by atoms with E-state index in [2.05, 4.69) is 20.2 Å². The van der Waals surface area contributed by atoms with Crippen molar-refractivity contribution in [1.82, 2.24) is 14.9 Å². The molecule has 1 fully saturated rings. The van der Waals surface area contributed by atoms with Crippen LogP contribution in [0.5, 0.6) is 11.6 Å². The highest BCUT2D eigenvalue weighted by atomic mass is 16.5. The number of nitrogens with zero attached hydrogens (tertiary/aromatic N) is 3. The van der Waals surface area contributed by atoms with Gasteiger partial charge in [-0.3, -0.25) is 4.90 Å². The quantitative estimate of drug-likeness (QED) is 0.637. The highest BCUT2D eigenvalue weighted by Crippen LogP contribution is 2.32. The Morgan fingerprint density at radius 3 is 2.71 bits per heavy atom. The second kappa shape index (κ2) is 8.41. The number of nitrogen functional groups attached to an aromatic ring is 1. The Kier molecular flexibility index (Phi) is 5.55. The summed E-state index contributed by atoms with van der Waals surface area (Å²) >= 11 is 0. The minimum atomic E-state index is 0.510. The number of hydrogen-bond acceptors (Lipinski definition) is 7. The monoisotopic (exact) mass is 379 g/mol. The Hall–Kier alpha value is -2.90. The number of nitrogens with one attached hydrogen (secondary N) is 1. The highest BCUT2D eigenvalue weighted by Gasteiger charge is 2.11. The van der Waals surface area contributed by atoms with E-state index >= 15 is 0 Å². The number of anilines is 2. The summed E-state index contributed by atoms with van der Waals surface area (Å²) in [5.41, 5.74) is 7.65. The summed E-state index contributed by atoms with van der Waals surface area (Å²) in [4.78, 5) is 11.4. The lowest BCUT2D eigenvalue weighted by molar-refractivity contribution is 0.0398. The minimum absolute atomic E-state index is 0.510. The Morgan fingerprint density at radius 2 is 1.89 bits per heavy atom. The number of hydrogen-bond donors (Lipinski definition) is 2. The van der Waals surface area contributed by atoms with E-state index < -0.39 is 0 Å². The van der Waals surface area contributed by atoms with Crippen molar-refractivity contribution in [2.24, 2.45) is 0 Å². The van der Waals surface area contributed by atoms with E-state index in [9.17, 15) is 0 Å². The molecule has 2 aromatic carbocycles. The molecule has 4 rings (SSSR count). The SMILES string of the molecule is Cc1cc(Oc2ccc(N)c3ccccc23)nc(NCCN2CCOCC2)n1. The van der Waals surface area contributed by atoms with Crippen LogP contribution in [0.2, 0.25) is 0 Å². The summed E-state index contributed by atoms with van der Waals surface area (Å²) in [5, 5.41) is 5.23. The molecule has 7 nitrogen and oxygen atoms in total. The van der Waals surface area contributed by atoms with E-state index in [0.717, 1.165) is 67.3 Å². The van der Waals surface area contributed by atoms with E-state index in [1.165, 1.54) is 0 Å². The average molecular weight is 379 g/mol. The normalized spacial score (nSPS) is 14.9. The van der Waals surface area contributed by atoms with Crippen LogP contribution in [0.25, 0.3) is 10.8 Å². The van der Waals surface area contributed by atoms with Gasteiger partial charge in [0.2, 0.25) is 11.8 Å². The van der Waals surface area contributed by atoms with Gasteiger partial charge in [-0.05, 0) is 19.1 Å². The molecular formula is C21H25N5O2. The Balaban J connectivity index is 1.47. The maximum Gasteiger partial charge on any atom is 0.226 e. The first-order valence-corrected chi connectivity index (χ1v) is 9.54. The molecule has 1 aliphatic rings. The van der Waals surface area contributed by atoms with Gasteiger partial charge >= 0.3 is 0 Å². The van der Waals surface area contributed by atoms with Crippen LogP contribution >= 0.6 is 0 Å². The van der Waals surface area contributed by atoms with Gasteiger partial charge in [0, 0.05) is 54.4 Å². The number of morpholine rings is 1. The third-order valence-electron chi connectivity index (χ3n) is 4.78. The molecule has 0 radical (unpaired) electrons. The number of aromatic nitrogens is 2. The molecular weight excluding hydrogens is 354 g/mol. The van der Waals surface area contributed by atoms with Crippen LogP contribution in [0.15, 0.2) is 42.5 Å². The van der Waals surface area contributed by atoms with Crippen molar-refractivity contribution in [3.8, 4) is 11.6 Å². The first-order chi connectivity index (χ1) is 13.7. The zero-order chi connectivity index (χ0) is 19.3. The number of ether oxygens (including phenoxy) is 2. The van der Waals surface area contributed by atoms with Crippen molar-refractivity contribution < 1.29 is 9.47 Å². The van der Waals surface area contributed by atoms with E-state index in [4.69, 9.17) is 15.2 Å². The zero-order valence-electron chi connectivity index (χ0n) is 16.0. The van der Waals surface area contributed by atoms with Gasteiger partial charge in [0.15, 0.2) is 0 Å². The van der Waals surface area contributed by atoms with Crippen LogP contribution in [0.1, 0.15) is 5.69 Å². The molecule has 0 unspecified atom stereocenters. The van der Waals surface area contributed by atoms with Crippen molar-refractivity contribution in [2.45, 2.75) is 6.92 Å². The molecule has 2 heterocycles. The predicted molar refractivity (Wildman–Crippen MR) is 111 cm³/mol. The molecule has 0 saturated carbocycles. The Bertz CT molecular complexity index is 957. The molecule has 0 bridgehead atoms. The topological polar surface area (TPSA) is 85.5 Å². The molecule has 1 aliphatic heterocycles. The fourth-order valence-electron chi connectivity index (χ4n) is 3.32. The molecule has 3 aromatic rings. The van der Waals surface area contributed by atoms with Crippen LogP contribution in [-0.2, 0) is 4.74 Å². The smallest absolute Gasteiger partial charge is 0.226 e. The van der Waals surface area contributed by atoms with E-state index in [1.54, 1.807) is 0 Å². The fourth-order valence-corrected chi connectivity index (χ4v) is 3.32. The molecule has 1 aromatic heterocycles. The molecule has 3 N–H and O–H groups in total. The van der Waals surface area contributed by atoms with Gasteiger partial charge in [0.25, 0.3) is 0 Å². The number of aryl methyl sites for hydroxylation is 1. The summed E-state index contributed by atoms with van der Waals surface area (Å²) in [6.45, 7) is 7.17. The summed E-state index contributed by atoms with van der Waals surface area (Å²) in [6, 6.07) is 13.5. The number of nitrogens with two attached hydrogens (primary N) is 1. The van der Waals surface area contributed by atoms with Crippen molar-refractivity contribution in [1.29, 1.82) is 0 Å². The van der Waals surface area contributed by atoms with Crippen molar-refractivity contribution in [3.05, 3.63) is 48.2 Å².